The molecule has 3 aromatic rings. The highest BCUT2D eigenvalue weighted by Crippen LogP contribution is 2.37. The Morgan fingerprint density at radius 3 is 2.52 bits per heavy atom. The van der Waals surface area contributed by atoms with Crippen molar-refractivity contribution in [3.05, 3.63) is 100 Å². The largest absolute Gasteiger partial charge is 0.338 e. The van der Waals surface area contributed by atoms with Crippen LogP contribution in [-0.4, -0.2) is 28.9 Å². The van der Waals surface area contributed by atoms with Crippen molar-refractivity contribution in [2.45, 2.75) is 25.7 Å². The van der Waals surface area contributed by atoms with Crippen LogP contribution in [0.25, 0.3) is 5.57 Å². The normalized spacial score (nSPS) is 15.9. The number of halogens is 1. The zero-order chi connectivity index (χ0) is 21.4. The van der Waals surface area contributed by atoms with Crippen LogP contribution >= 0.6 is 0 Å². The van der Waals surface area contributed by atoms with Crippen LogP contribution in [0.1, 0.15) is 45.6 Å². The molecule has 0 unspecified atom stereocenters. The molecule has 0 N–H and O–H groups in total. The maximum Gasteiger partial charge on any atom is 0.254 e. The Morgan fingerprint density at radius 2 is 1.74 bits per heavy atom. The average molecular weight is 415 g/mol. The molecule has 0 atom stereocenters. The number of benzene rings is 1. The summed E-state index contributed by atoms with van der Waals surface area (Å²) in [5.74, 6) is -0.120. The summed E-state index contributed by atoms with van der Waals surface area (Å²) in [4.78, 5) is 19.6. The summed E-state index contributed by atoms with van der Waals surface area (Å²) >= 11 is 0. The first-order chi connectivity index (χ1) is 15.1. The highest BCUT2D eigenvalue weighted by Gasteiger charge is 2.27. The van der Waals surface area contributed by atoms with E-state index < -0.39 is 0 Å². The standard InChI is InChI=1S/C26H25FN3O/c1-29-13-8-20(9-14-29)26(31)30-15-10-18(11-16-30)24-23-7-6-22(27)17-21(23)5-4-19-3-2-12-28-25(19)24/h2-3,6-9,12-14,17H,4-5,10-11,15-16H2,1H3/q+1. The number of fused-ring (bicyclic) bond motifs is 2. The van der Waals surface area contributed by atoms with E-state index in [0.717, 1.165) is 53.6 Å². The third-order valence-corrected chi connectivity index (χ3v) is 6.36. The number of aryl methyl sites for hydroxylation is 3. The van der Waals surface area contributed by atoms with Crippen molar-refractivity contribution in [2.75, 3.05) is 13.1 Å². The SMILES string of the molecule is C[n+]1ccc(C(=O)N2CCC(=C3c4ccc(F)cc4CCc4cccnc43)CC2)cc1. The van der Waals surface area contributed by atoms with Crippen molar-refractivity contribution in [1.29, 1.82) is 0 Å². The quantitative estimate of drug-likeness (QED) is 0.567. The summed E-state index contributed by atoms with van der Waals surface area (Å²) in [6.07, 6.45) is 8.89. The summed E-state index contributed by atoms with van der Waals surface area (Å²) in [6.45, 7) is 1.36. The first-order valence-corrected chi connectivity index (χ1v) is 10.8. The number of amides is 1. The minimum Gasteiger partial charge on any atom is -0.338 e. The van der Waals surface area contributed by atoms with Crippen molar-refractivity contribution in [1.82, 2.24) is 9.88 Å². The van der Waals surface area contributed by atoms with Gasteiger partial charge in [-0.15, -0.1) is 0 Å². The van der Waals surface area contributed by atoms with Gasteiger partial charge in [0.25, 0.3) is 5.91 Å². The van der Waals surface area contributed by atoms with Crippen LogP contribution in [-0.2, 0) is 19.9 Å². The van der Waals surface area contributed by atoms with Crippen molar-refractivity contribution in [3.8, 4) is 0 Å². The Bertz CT molecular complexity index is 1170. The van der Waals surface area contributed by atoms with E-state index in [0.29, 0.717) is 13.1 Å². The molecule has 0 spiro atoms. The molecule has 1 aliphatic heterocycles. The molecule has 31 heavy (non-hydrogen) atoms. The van der Waals surface area contributed by atoms with Crippen LogP contribution in [0.4, 0.5) is 4.39 Å². The van der Waals surface area contributed by atoms with Gasteiger partial charge in [0.05, 0.1) is 11.3 Å². The zero-order valence-corrected chi connectivity index (χ0v) is 17.6. The van der Waals surface area contributed by atoms with Crippen molar-refractivity contribution < 1.29 is 13.8 Å². The number of hydrogen-bond acceptors (Lipinski definition) is 2. The first-order valence-electron chi connectivity index (χ1n) is 10.8. The van der Waals surface area contributed by atoms with Crippen molar-refractivity contribution in [3.63, 3.8) is 0 Å². The minimum absolute atomic E-state index is 0.0755. The maximum absolute atomic E-state index is 14.0. The third kappa shape index (κ3) is 3.76. The van der Waals surface area contributed by atoms with Gasteiger partial charge in [0.1, 0.15) is 12.9 Å². The van der Waals surface area contributed by atoms with Gasteiger partial charge in [-0.2, -0.15) is 0 Å². The fourth-order valence-corrected chi connectivity index (χ4v) is 4.69. The Hall–Kier alpha value is -3.34. The lowest BCUT2D eigenvalue weighted by Crippen LogP contribution is -2.37. The van der Waals surface area contributed by atoms with E-state index in [9.17, 15) is 9.18 Å². The van der Waals surface area contributed by atoms with E-state index >= 15 is 0 Å². The lowest BCUT2D eigenvalue weighted by atomic mass is 9.88. The Kier molecular flexibility index (Phi) is 5.10. The van der Waals surface area contributed by atoms with Gasteiger partial charge < -0.3 is 4.90 Å². The van der Waals surface area contributed by atoms with E-state index in [2.05, 4.69) is 6.07 Å². The van der Waals surface area contributed by atoms with E-state index in [1.54, 1.807) is 12.1 Å². The molecular formula is C26H25FN3O+. The lowest BCUT2D eigenvalue weighted by molar-refractivity contribution is -0.671. The molecule has 2 aliphatic rings. The highest BCUT2D eigenvalue weighted by atomic mass is 19.1. The molecule has 5 heteroatoms. The summed E-state index contributed by atoms with van der Waals surface area (Å²) in [6, 6.07) is 12.9. The van der Waals surface area contributed by atoms with Crippen LogP contribution in [0.3, 0.4) is 0 Å². The predicted molar refractivity (Wildman–Crippen MR) is 117 cm³/mol. The van der Waals surface area contributed by atoms with Crippen molar-refractivity contribution in [2.24, 2.45) is 7.05 Å². The van der Waals surface area contributed by atoms with E-state index in [4.69, 9.17) is 4.98 Å². The maximum atomic E-state index is 14.0. The molecule has 2 aromatic heterocycles. The summed E-state index contributed by atoms with van der Waals surface area (Å²) < 4.78 is 15.9. The van der Waals surface area contributed by atoms with Crippen molar-refractivity contribution >= 4 is 11.5 Å². The molecule has 5 rings (SSSR count). The van der Waals surface area contributed by atoms with Gasteiger partial charge in [0.15, 0.2) is 12.4 Å². The second-order valence-electron chi connectivity index (χ2n) is 8.34. The molecule has 1 amide bonds. The molecule has 0 bridgehead atoms. The third-order valence-electron chi connectivity index (χ3n) is 6.36. The number of pyridine rings is 2. The van der Waals surface area contributed by atoms with E-state index in [1.165, 1.54) is 11.1 Å². The van der Waals surface area contributed by atoms with Crippen LogP contribution in [0.5, 0.6) is 0 Å². The number of piperidine rings is 1. The van der Waals surface area contributed by atoms with E-state index in [-0.39, 0.29) is 11.7 Å². The molecule has 0 radical (unpaired) electrons. The summed E-state index contributed by atoms with van der Waals surface area (Å²) in [5, 5.41) is 0. The van der Waals surface area contributed by atoms with Crippen LogP contribution in [0.15, 0.2) is 66.6 Å². The number of carbonyl (C=O) groups is 1. The summed E-state index contributed by atoms with van der Waals surface area (Å²) in [7, 11) is 1.94. The molecule has 4 nitrogen and oxygen atoms in total. The molecule has 1 aromatic carbocycles. The average Bonchev–Trinajstić information content (AvgIpc) is 2.96. The zero-order valence-electron chi connectivity index (χ0n) is 17.6. The number of aromatic nitrogens is 2. The number of nitrogens with zero attached hydrogens (tertiary/aromatic N) is 3. The lowest BCUT2D eigenvalue weighted by Gasteiger charge is -2.30. The Morgan fingerprint density at radius 1 is 1.00 bits per heavy atom. The molecule has 1 aliphatic carbocycles. The fraction of sp³-hybridized carbons (Fsp3) is 0.269. The van der Waals surface area contributed by atoms with Gasteiger partial charge in [0.2, 0.25) is 0 Å². The highest BCUT2D eigenvalue weighted by molar-refractivity contribution is 5.94. The molecule has 0 saturated carbocycles. The molecule has 3 heterocycles. The van der Waals surface area contributed by atoms with Gasteiger partial charge in [0, 0.05) is 37.0 Å². The molecule has 1 fully saturated rings. The second-order valence-corrected chi connectivity index (χ2v) is 8.34. The molecule has 1 saturated heterocycles. The van der Waals surface area contributed by atoms with Crippen LogP contribution in [0, 0.1) is 5.82 Å². The number of hydrogen-bond donors (Lipinski definition) is 0. The monoisotopic (exact) mass is 414 g/mol. The number of rotatable bonds is 1. The molecular weight excluding hydrogens is 389 g/mol. The minimum atomic E-state index is -0.196. The smallest absolute Gasteiger partial charge is 0.254 e. The van der Waals surface area contributed by atoms with Crippen LogP contribution in [0.2, 0.25) is 0 Å². The Balaban J connectivity index is 1.49. The Labute approximate surface area is 181 Å². The van der Waals surface area contributed by atoms with Gasteiger partial charge in [-0.1, -0.05) is 17.7 Å². The fourth-order valence-electron chi connectivity index (χ4n) is 4.69. The van der Waals surface area contributed by atoms with Crippen LogP contribution < -0.4 is 4.57 Å². The topological polar surface area (TPSA) is 37.1 Å². The number of carbonyl (C=O) groups excluding carboxylic acids is 1. The first kappa shape index (κ1) is 19.6. The predicted octanol–water partition coefficient (Wildman–Crippen LogP) is 3.88. The molecule has 156 valence electrons. The van der Waals surface area contributed by atoms with E-state index in [1.807, 2.05) is 59.4 Å². The van der Waals surface area contributed by atoms with Gasteiger partial charge in [-0.05, 0) is 60.6 Å². The summed E-state index contributed by atoms with van der Waals surface area (Å²) in [5.41, 5.74) is 7.51. The second kappa shape index (κ2) is 8.06. The number of likely N-dealkylation sites (tertiary alicyclic amines) is 1. The van der Waals surface area contributed by atoms with Gasteiger partial charge in [-0.3, -0.25) is 9.78 Å². The van der Waals surface area contributed by atoms with Gasteiger partial charge >= 0.3 is 0 Å². The van der Waals surface area contributed by atoms with Gasteiger partial charge in [-0.25, -0.2) is 8.96 Å².